The summed E-state index contributed by atoms with van der Waals surface area (Å²) in [5.74, 6) is 0.857. The Bertz CT molecular complexity index is 398. The van der Waals surface area contributed by atoms with Crippen molar-refractivity contribution in [3.8, 4) is 0 Å². The predicted molar refractivity (Wildman–Crippen MR) is 64.2 cm³/mol. The number of carbonyl (C=O) groups is 1. The van der Waals surface area contributed by atoms with Crippen LogP contribution >= 0.6 is 15.9 Å². The largest absolute Gasteiger partial charge is 0.353 e. The molecule has 1 aromatic heterocycles. The van der Waals surface area contributed by atoms with Gasteiger partial charge in [-0.1, -0.05) is 6.92 Å². The molecule has 0 saturated carbocycles. The smallest absolute Gasteiger partial charge is 0.242 e. The van der Waals surface area contributed by atoms with Crippen LogP contribution in [0.2, 0.25) is 0 Å². The Labute approximate surface area is 102 Å². The van der Waals surface area contributed by atoms with Gasteiger partial charge in [-0.25, -0.2) is 9.97 Å². The second-order valence-corrected chi connectivity index (χ2v) is 4.46. The first-order chi connectivity index (χ1) is 7.74. The van der Waals surface area contributed by atoms with Crippen molar-refractivity contribution in [2.24, 2.45) is 0 Å². The van der Waals surface area contributed by atoms with Gasteiger partial charge in [-0.05, 0) is 22.4 Å². The maximum Gasteiger partial charge on any atom is 0.242 e. The van der Waals surface area contributed by atoms with Gasteiger partial charge in [0, 0.05) is 19.3 Å². The number of rotatable bonds is 2. The van der Waals surface area contributed by atoms with Gasteiger partial charge in [-0.3, -0.25) is 4.79 Å². The van der Waals surface area contributed by atoms with Crippen molar-refractivity contribution in [3.63, 3.8) is 0 Å². The first-order valence-electron chi connectivity index (χ1n) is 5.24. The molecule has 1 amide bonds. The summed E-state index contributed by atoms with van der Waals surface area (Å²) in [4.78, 5) is 21.9. The molecule has 1 aromatic rings. The maximum atomic E-state index is 11.7. The van der Waals surface area contributed by atoms with Crippen molar-refractivity contribution in [3.05, 3.63) is 17.0 Å². The topological polar surface area (TPSA) is 58.1 Å². The molecular formula is C10H13BrN4O. The Morgan fingerprint density at radius 2 is 2.50 bits per heavy atom. The van der Waals surface area contributed by atoms with Crippen LogP contribution in [-0.2, 0) is 4.79 Å². The summed E-state index contributed by atoms with van der Waals surface area (Å²) in [5, 5.41) is 2.86. The minimum absolute atomic E-state index is 0.0688. The first kappa shape index (κ1) is 11.3. The average molecular weight is 285 g/mol. The number of anilines is 1. The number of nitrogens with one attached hydrogen (secondary N) is 1. The number of amides is 1. The number of halogens is 1. The van der Waals surface area contributed by atoms with Crippen molar-refractivity contribution >= 4 is 27.7 Å². The van der Waals surface area contributed by atoms with E-state index in [-0.39, 0.29) is 11.9 Å². The fourth-order valence-corrected chi connectivity index (χ4v) is 2.34. The molecule has 6 heteroatoms. The van der Waals surface area contributed by atoms with Gasteiger partial charge in [-0.2, -0.15) is 0 Å². The van der Waals surface area contributed by atoms with Crippen LogP contribution in [0.5, 0.6) is 0 Å². The van der Waals surface area contributed by atoms with Crippen molar-refractivity contribution < 1.29 is 4.79 Å². The Morgan fingerprint density at radius 3 is 3.19 bits per heavy atom. The molecule has 5 nitrogen and oxygen atoms in total. The van der Waals surface area contributed by atoms with Crippen LogP contribution < -0.4 is 10.2 Å². The van der Waals surface area contributed by atoms with Crippen LogP contribution in [0.4, 0.5) is 5.82 Å². The highest BCUT2D eigenvalue weighted by Crippen LogP contribution is 2.25. The summed E-state index contributed by atoms with van der Waals surface area (Å²) >= 11 is 3.41. The summed E-state index contributed by atoms with van der Waals surface area (Å²) in [6.07, 6.45) is 3.96. The summed E-state index contributed by atoms with van der Waals surface area (Å²) in [5.41, 5.74) is 0. The molecule has 16 heavy (non-hydrogen) atoms. The predicted octanol–water partition coefficient (Wildman–Crippen LogP) is 0.954. The number of aromatic nitrogens is 2. The summed E-state index contributed by atoms with van der Waals surface area (Å²) in [7, 11) is 0. The van der Waals surface area contributed by atoms with Gasteiger partial charge >= 0.3 is 0 Å². The van der Waals surface area contributed by atoms with E-state index in [9.17, 15) is 4.79 Å². The molecule has 0 bridgehead atoms. The highest BCUT2D eigenvalue weighted by Gasteiger charge is 2.29. The highest BCUT2D eigenvalue weighted by atomic mass is 79.9. The third-order valence-electron chi connectivity index (χ3n) is 2.64. The molecule has 0 aliphatic carbocycles. The summed E-state index contributed by atoms with van der Waals surface area (Å²) in [6.45, 7) is 3.43. The second kappa shape index (κ2) is 4.78. The lowest BCUT2D eigenvalue weighted by atomic mass is 10.1. The molecule has 0 aromatic carbocycles. The van der Waals surface area contributed by atoms with Crippen LogP contribution in [0.25, 0.3) is 0 Å². The van der Waals surface area contributed by atoms with E-state index in [0.717, 1.165) is 23.3 Å². The molecule has 1 N–H and O–H groups in total. The molecule has 1 saturated heterocycles. The molecule has 1 aliphatic heterocycles. The zero-order chi connectivity index (χ0) is 11.5. The minimum atomic E-state index is -0.139. The van der Waals surface area contributed by atoms with Gasteiger partial charge in [0.1, 0.15) is 18.2 Å². The summed E-state index contributed by atoms with van der Waals surface area (Å²) in [6, 6.07) is -0.139. The lowest BCUT2D eigenvalue weighted by Gasteiger charge is -2.35. The normalized spacial score (nSPS) is 20.8. The van der Waals surface area contributed by atoms with Gasteiger partial charge in [0.05, 0.1) is 4.47 Å². The van der Waals surface area contributed by atoms with E-state index in [0.29, 0.717) is 6.54 Å². The van der Waals surface area contributed by atoms with Crippen molar-refractivity contribution in [2.45, 2.75) is 19.4 Å². The van der Waals surface area contributed by atoms with Crippen LogP contribution in [0, 0.1) is 0 Å². The third-order valence-corrected chi connectivity index (χ3v) is 3.20. The number of hydrogen-bond donors (Lipinski definition) is 1. The first-order valence-corrected chi connectivity index (χ1v) is 6.03. The molecular weight excluding hydrogens is 272 g/mol. The maximum absolute atomic E-state index is 11.7. The van der Waals surface area contributed by atoms with Crippen LogP contribution in [0.1, 0.15) is 13.3 Å². The molecule has 2 heterocycles. The van der Waals surface area contributed by atoms with Crippen molar-refractivity contribution in [1.29, 1.82) is 0 Å². The molecule has 0 radical (unpaired) electrons. The second-order valence-electron chi connectivity index (χ2n) is 3.60. The molecule has 0 spiro atoms. The lowest BCUT2D eigenvalue weighted by Crippen LogP contribution is -2.55. The fraction of sp³-hybridized carbons (Fsp3) is 0.500. The number of piperazine rings is 1. The van der Waals surface area contributed by atoms with Gasteiger partial charge in [-0.15, -0.1) is 0 Å². The molecule has 1 fully saturated rings. The Hall–Kier alpha value is -1.17. The van der Waals surface area contributed by atoms with E-state index in [1.54, 1.807) is 6.20 Å². The Balaban J connectivity index is 2.31. The molecule has 86 valence electrons. The third kappa shape index (κ3) is 2.02. The molecule has 2 rings (SSSR count). The van der Waals surface area contributed by atoms with Crippen molar-refractivity contribution in [1.82, 2.24) is 15.3 Å². The number of nitrogens with zero attached hydrogens (tertiary/aromatic N) is 3. The minimum Gasteiger partial charge on any atom is -0.353 e. The van der Waals surface area contributed by atoms with Crippen LogP contribution in [-0.4, -0.2) is 35.0 Å². The number of carbonyl (C=O) groups excluding carboxylic acids is 1. The zero-order valence-corrected chi connectivity index (χ0v) is 10.6. The van der Waals surface area contributed by atoms with Crippen LogP contribution in [0.15, 0.2) is 17.0 Å². The average Bonchev–Trinajstić information content (AvgIpc) is 2.29. The lowest BCUT2D eigenvalue weighted by molar-refractivity contribution is -0.123. The van der Waals surface area contributed by atoms with Gasteiger partial charge in [0.25, 0.3) is 0 Å². The molecule has 1 unspecified atom stereocenters. The van der Waals surface area contributed by atoms with Crippen molar-refractivity contribution in [2.75, 3.05) is 18.0 Å². The van der Waals surface area contributed by atoms with E-state index in [1.165, 1.54) is 6.33 Å². The zero-order valence-electron chi connectivity index (χ0n) is 8.98. The SMILES string of the molecule is CCC1C(=O)NCCN1c1ncncc1Br. The van der Waals surface area contributed by atoms with E-state index in [1.807, 2.05) is 11.8 Å². The van der Waals surface area contributed by atoms with E-state index in [2.05, 4.69) is 31.2 Å². The fourth-order valence-electron chi connectivity index (χ4n) is 1.89. The summed E-state index contributed by atoms with van der Waals surface area (Å²) < 4.78 is 0.822. The number of hydrogen-bond acceptors (Lipinski definition) is 4. The van der Waals surface area contributed by atoms with Gasteiger partial charge in [0.15, 0.2) is 0 Å². The Kier molecular flexibility index (Phi) is 3.38. The standard InChI is InChI=1S/C10H13BrN4O/c1-2-8-10(16)13-3-4-15(8)9-7(11)5-12-6-14-9/h5-6,8H,2-4H2,1H3,(H,13,16). The molecule has 1 atom stereocenters. The van der Waals surface area contributed by atoms with E-state index >= 15 is 0 Å². The Morgan fingerprint density at radius 1 is 1.69 bits per heavy atom. The van der Waals surface area contributed by atoms with E-state index < -0.39 is 0 Å². The van der Waals surface area contributed by atoms with Gasteiger partial charge in [0.2, 0.25) is 5.91 Å². The quantitative estimate of drug-likeness (QED) is 0.879. The monoisotopic (exact) mass is 284 g/mol. The van der Waals surface area contributed by atoms with Crippen LogP contribution in [0.3, 0.4) is 0 Å². The molecule has 1 aliphatic rings. The van der Waals surface area contributed by atoms with Gasteiger partial charge < -0.3 is 10.2 Å². The highest BCUT2D eigenvalue weighted by molar-refractivity contribution is 9.10. The van der Waals surface area contributed by atoms with E-state index in [4.69, 9.17) is 0 Å².